The molecule has 2 aromatic rings. The fourth-order valence-electron chi connectivity index (χ4n) is 2.41. The summed E-state index contributed by atoms with van der Waals surface area (Å²) in [5, 5.41) is 6.80. The zero-order valence-corrected chi connectivity index (χ0v) is 10.2. The maximum absolute atomic E-state index is 11.0. The summed E-state index contributed by atoms with van der Waals surface area (Å²) in [6.45, 7) is 4.08. The molecule has 1 saturated heterocycles. The quantitative estimate of drug-likeness (QED) is 0.748. The number of H-pyrrole nitrogens is 1. The van der Waals surface area contributed by atoms with E-state index in [1.54, 1.807) is 0 Å². The van der Waals surface area contributed by atoms with Gasteiger partial charge < -0.3 is 15.1 Å². The molecule has 1 fully saturated rings. The van der Waals surface area contributed by atoms with Gasteiger partial charge in [-0.1, -0.05) is 6.07 Å². The summed E-state index contributed by atoms with van der Waals surface area (Å²) in [6, 6.07) is 5.80. The minimum absolute atomic E-state index is 0.396. The third-order valence-electron chi connectivity index (χ3n) is 3.41. The van der Waals surface area contributed by atoms with Gasteiger partial charge in [0.05, 0.1) is 5.52 Å². The first-order valence-corrected chi connectivity index (χ1v) is 6.34. The average Bonchev–Trinajstić information content (AvgIpc) is 2.96. The molecule has 1 aliphatic heterocycles. The van der Waals surface area contributed by atoms with Gasteiger partial charge in [-0.3, -0.25) is 4.98 Å². The molecule has 1 aromatic heterocycles. The monoisotopic (exact) mass is 247 g/mol. The van der Waals surface area contributed by atoms with Crippen LogP contribution in [0.4, 0.5) is 0 Å². The van der Waals surface area contributed by atoms with Crippen LogP contribution in [0, 0.1) is 5.92 Å². The normalized spacial score (nSPS) is 19.7. The van der Waals surface area contributed by atoms with Crippen LogP contribution in [-0.4, -0.2) is 24.6 Å². The van der Waals surface area contributed by atoms with Crippen molar-refractivity contribution < 1.29 is 4.42 Å². The number of hydrogen-bond acceptors (Lipinski definition) is 4. The number of rotatable bonds is 4. The number of aromatic amines is 1. The number of aromatic nitrogens is 1. The first kappa shape index (κ1) is 11.5. The van der Waals surface area contributed by atoms with Gasteiger partial charge in [0.15, 0.2) is 5.58 Å². The molecule has 1 unspecified atom stereocenters. The number of oxazole rings is 1. The SMILES string of the molecule is O=c1[nH]c2ccc(CNCC3CCNC3)cc2o1. The highest BCUT2D eigenvalue weighted by atomic mass is 16.4. The number of fused-ring (bicyclic) bond motifs is 1. The van der Waals surface area contributed by atoms with E-state index in [2.05, 4.69) is 15.6 Å². The Kier molecular flexibility index (Phi) is 3.17. The molecule has 96 valence electrons. The maximum Gasteiger partial charge on any atom is 0.417 e. The Bertz CT molecular complexity index is 581. The summed E-state index contributed by atoms with van der Waals surface area (Å²) >= 11 is 0. The highest BCUT2D eigenvalue weighted by Gasteiger charge is 2.13. The van der Waals surface area contributed by atoms with Crippen molar-refractivity contribution in [3.05, 3.63) is 34.3 Å². The maximum atomic E-state index is 11.0. The average molecular weight is 247 g/mol. The Morgan fingerprint density at radius 3 is 3.22 bits per heavy atom. The van der Waals surface area contributed by atoms with Crippen LogP contribution in [0.25, 0.3) is 11.1 Å². The Morgan fingerprint density at radius 1 is 1.44 bits per heavy atom. The van der Waals surface area contributed by atoms with E-state index >= 15 is 0 Å². The third kappa shape index (κ3) is 2.47. The van der Waals surface area contributed by atoms with Crippen LogP contribution in [0.5, 0.6) is 0 Å². The molecular formula is C13H17N3O2. The second-order valence-corrected chi connectivity index (χ2v) is 4.83. The molecule has 3 N–H and O–H groups in total. The van der Waals surface area contributed by atoms with Gasteiger partial charge in [0, 0.05) is 6.54 Å². The zero-order valence-electron chi connectivity index (χ0n) is 10.2. The molecule has 0 spiro atoms. The molecule has 1 aliphatic rings. The largest absolute Gasteiger partial charge is 0.417 e. The van der Waals surface area contributed by atoms with Crippen LogP contribution in [0.15, 0.2) is 27.4 Å². The molecule has 5 heteroatoms. The van der Waals surface area contributed by atoms with Gasteiger partial charge in [-0.05, 0) is 49.7 Å². The lowest BCUT2D eigenvalue weighted by molar-refractivity contribution is 0.512. The van der Waals surface area contributed by atoms with Gasteiger partial charge in [-0.2, -0.15) is 0 Å². The van der Waals surface area contributed by atoms with Crippen LogP contribution in [-0.2, 0) is 6.54 Å². The molecule has 0 bridgehead atoms. The van der Waals surface area contributed by atoms with Gasteiger partial charge in [0.25, 0.3) is 0 Å². The molecule has 0 saturated carbocycles. The molecule has 0 aliphatic carbocycles. The number of nitrogens with one attached hydrogen (secondary N) is 3. The van der Waals surface area contributed by atoms with Crippen molar-refractivity contribution in [3.8, 4) is 0 Å². The molecule has 1 aromatic carbocycles. The van der Waals surface area contributed by atoms with Gasteiger partial charge in [-0.15, -0.1) is 0 Å². The van der Waals surface area contributed by atoms with E-state index in [9.17, 15) is 4.79 Å². The second kappa shape index (κ2) is 4.96. The Hall–Kier alpha value is -1.59. The van der Waals surface area contributed by atoms with E-state index in [0.717, 1.165) is 43.2 Å². The number of hydrogen-bond donors (Lipinski definition) is 3. The van der Waals surface area contributed by atoms with Crippen LogP contribution in [0.3, 0.4) is 0 Å². The van der Waals surface area contributed by atoms with E-state index in [4.69, 9.17) is 4.42 Å². The molecular weight excluding hydrogens is 230 g/mol. The lowest BCUT2D eigenvalue weighted by atomic mass is 10.1. The summed E-state index contributed by atoms with van der Waals surface area (Å²) in [7, 11) is 0. The van der Waals surface area contributed by atoms with Crippen molar-refractivity contribution in [3.63, 3.8) is 0 Å². The standard InChI is InChI=1S/C13H17N3O2/c17-13-16-11-2-1-9(5-12(11)18-13)6-15-8-10-3-4-14-7-10/h1-2,5,10,14-15H,3-4,6-8H2,(H,16,17). The lowest BCUT2D eigenvalue weighted by Gasteiger charge is -2.09. The van der Waals surface area contributed by atoms with Crippen molar-refractivity contribution in [2.75, 3.05) is 19.6 Å². The predicted molar refractivity (Wildman–Crippen MR) is 69.5 cm³/mol. The summed E-state index contributed by atoms with van der Waals surface area (Å²) in [6.07, 6.45) is 1.25. The van der Waals surface area contributed by atoms with Crippen molar-refractivity contribution in [2.24, 2.45) is 5.92 Å². The molecule has 0 radical (unpaired) electrons. The van der Waals surface area contributed by atoms with Gasteiger partial charge in [-0.25, -0.2) is 4.79 Å². The van der Waals surface area contributed by atoms with Gasteiger partial charge in [0.1, 0.15) is 0 Å². The molecule has 0 amide bonds. The second-order valence-electron chi connectivity index (χ2n) is 4.83. The Morgan fingerprint density at radius 2 is 2.39 bits per heavy atom. The summed E-state index contributed by atoms with van der Waals surface area (Å²) < 4.78 is 5.04. The fourth-order valence-corrected chi connectivity index (χ4v) is 2.41. The Balaban J connectivity index is 1.61. The number of benzene rings is 1. The topological polar surface area (TPSA) is 70.1 Å². The van der Waals surface area contributed by atoms with E-state index in [1.165, 1.54) is 6.42 Å². The van der Waals surface area contributed by atoms with Crippen LogP contribution >= 0.6 is 0 Å². The minimum Gasteiger partial charge on any atom is -0.408 e. The highest BCUT2D eigenvalue weighted by Crippen LogP contribution is 2.12. The summed E-state index contributed by atoms with van der Waals surface area (Å²) in [5.74, 6) is 0.339. The zero-order chi connectivity index (χ0) is 12.4. The summed E-state index contributed by atoms with van der Waals surface area (Å²) in [5.41, 5.74) is 2.52. The lowest BCUT2D eigenvalue weighted by Crippen LogP contribution is -2.23. The molecule has 5 nitrogen and oxygen atoms in total. The van der Waals surface area contributed by atoms with Crippen molar-refractivity contribution in [1.29, 1.82) is 0 Å². The molecule has 1 atom stereocenters. The Labute approximate surface area is 105 Å². The molecule has 18 heavy (non-hydrogen) atoms. The van der Waals surface area contributed by atoms with Gasteiger partial charge in [0.2, 0.25) is 0 Å². The predicted octanol–water partition coefficient (Wildman–Crippen LogP) is 0.820. The first-order chi connectivity index (χ1) is 8.81. The molecule has 3 rings (SSSR count). The van der Waals surface area contributed by atoms with Crippen molar-refractivity contribution in [1.82, 2.24) is 15.6 Å². The highest BCUT2D eigenvalue weighted by molar-refractivity contribution is 5.72. The third-order valence-corrected chi connectivity index (χ3v) is 3.41. The first-order valence-electron chi connectivity index (χ1n) is 6.34. The molecule has 2 heterocycles. The van der Waals surface area contributed by atoms with Crippen LogP contribution in [0.1, 0.15) is 12.0 Å². The van der Waals surface area contributed by atoms with Crippen LogP contribution < -0.4 is 16.4 Å². The van der Waals surface area contributed by atoms with E-state index in [1.807, 2.05) is 18.2 Å². The van der Waals surface area contributed by atoms with E-state index < -0.39 is 5.76 Å². The summed E-state index contributed by atoms with van der Waals surface area (Å²) in [4.78, 5) is 13.7. The van der Waals surface area contributed by atoms with Crippen LogP contribution in [0.2, 0.25) is 0 Å². The minimum atomic E-state index is -0.396. The van der Waals surface area contributed by atoms with Crippen molar-refractivity contribution >= 4 is 11.1 Å². The fraction of sp³-hybridized carbons (Fsp3) is 0.462. The van der Waals surface area contributed by atoms with Gasteiger partial charge >= 0.3 is 5.76 Å². The van der Waals surface area contributed by atoms with E-state index in [0.29, 0.717) is 5.58 Å². The van der Waals surface area contributed by atoms with E-state index in [-0.39, 0.29) is 0 Å². The van der Waals surface area contributed by atoms with Crippen molar-refractivity contribution in [2.45, 2.75) is 13.0 Å². The smallest absolute Gasteiger partial charge is 0.408 e.